The van der Waals surface area contributed by atoms with Gasteiger partial charge in [-0.3, -0.25) is 0 Å². The number of hydrogen-bond acceptors (Lipinski definition) is 1. The van der Waals surface area contributed by atoms with Crippen molar-refractivity contribution in [1.29, 1.82) is 0 Å². The Kier molecular flexibility index (Phi) is 3.81. The highest BCUT2D eigenvalue weighted by atomic mass is 16.5. The molecule has 0 bridgehead atoms. The van der Waals surface area contributed by atoms with Crippen molar-refractivity contribution in [2.45, 2.75) is 26.7 Å². The van der Waals surface area contributed by atoms with Crippen LogP contribution in [0.4, 0.5) is 0 Å². The molecule has 0 fully saturated rings. The zero-order valence-electron chi connectivity index (χ0n) is 8.47. The molecule has 0 unspecified atom stereocenters. The van der Waals surface area contributed by atoms with Gasteiger partial charge < -0.3 is 4.74 Å². The zero-order chi connectivity index (χ0) is 9.68. The Morgan fingerprint density at radius 1 is 1.31 bits per heavy atom. The number of aryl methyl sites for hydroxylation is 1. The van der Waals surface area contributed by atoms with Crippen molar-refractivity contribution in [2.75, 3.05) is 6.61 Å². The minimum atomic E-state index is 0.722. The summed E-state index contributed by atoms with van der Waals surface area (Å²) < 4.78 is 5.53. The molecule has 1 heteroatoms. The second-order valence-electron chi connectivity index (χ2n) is 3.13. The number of benzene rings is 1. The molecule has 1 aromatic carbocycles. The van der Waals surface area contributed by atoms with Crippen LogP contribution in [0.25, 0.3) is 0 Å². The van der Waals surface area contributed by atoms with Gasteiger partial charge in [-0.15, -0.1) is 0 Å². The number of ether oxygens (including phenoxy) is 1. The zero-order valence-corrected chi connectivity index (χ0v) is 8.47. The summed E-state index contributed by atoms with van der Waals surface area (Å²) in [4.78, 5) is 0. The topological polar surface area (TPSA) is 9.23 Å². The van der Waals surface area contributed by atoms with Gasteiger partial charge in [-0.2, -0.15) is 0 Å². The number of rotatable bonds is 4. The molecule has 0 aliphatic carbocycles. The highest BCUT2D eigenvalue weighted by Crippen LogP contribution is 2.21. The molecule has 0 saturated carbocycles. The maximum Gasteiger partial charge on any atom is 0.122 e. The van der Waals surface area contributed by atoms with Gasteiger partial charge in [0.2, 0.25) is 0 Å². The molecule has 0 spiro atoms. The van der Waals surface area contributed by atoms with E-state index in [-0.39, 0.29) is 0 Å². The van der Waals surface area contributed by atoms with Gasteiger partial charge in [0.05, 0.1) is 6.61 Å². The Morgan fingerprint density at radius 2 is 2.08 bits per heavy atom. The van der Waals surface area contributed by atoms with Crippen LogP contribution in [0.2, 0.25) is 0 Å². The van der Waals surface area contributed by atoms with Crippen molar-refractivity contribution in [3.05, 3.63) is 36.2 Å². The lowest BCUT2D eigenvalue weighted by Gasteiger charge is -2.09. The molecule has 0 amide bonds. The van der Waals surface area contributed by atoms with Gasteiger partial charge in [-0.25, -0.2) is 0 Å². The van der Waals surface area contributed by atoms with Crippen molar-refractivity contribution in [2.24, 2.45) is 0 Å². The summed E-state index contributed by atoms with van der Waals surface area (Å²) >= 11 is 0. The molecule has 71 valence electrons. The first kappa shape index (κ1) is 10.1. The standard InChI is InChI=1S/C12H17O/c1-4-6-11-8-7-10(3)9-12(11)13-5-2/h7-9H,3-6H2,1-2H3. The molecule has 0 heterocycles. The van der Waals surface area contributed by atoms with E-state index in [1.165, 1.54) is 5.56 Å². The summed E-state index contributed by atoms with van der Waals surface area (Å²) in [5.74, 6) is 0.997. The van der Waals surface area contributed by atoms with Crippen molar-refractivity contribution in [3.8, 4) is 5.75 Å². The normalized spacial score (nSPS) is 10.1. The second kappa shape index (κ2) is 4.90. The third-order valence-corrected chi connectivity index (χ3v) is 1.95. The molecule has 0 atom stereocenters. The molecule has 1 radical (unpaired) electrons. The summed E-state index contributed by atoms with van der Waals surface area (Å²) in [6.07, 6.45) is 2.23. The lowest BCUT2D eigenvalue weighted by Crippen LogP contribution is -1.96. The van der Waals surface area contributed by atoms with Gasteiger partial charge in [-0.05, 0) is 37.5 Å². The molecule has 1 aromatic rings. The van der Waals surface area contributed by atoms with E-state index in [0.717, 1.165) is 30.8 Å². The van der Waals surface area contributed by atoms with Crippen LogP contribution in [0.15, 0.2) is 18.2 Å². The van der Waals surface area contributed by atoms with Gasteiger partial charge in [-0.1, -0.05) is 25.5 Å². The minimum absolute atomic E-state index is 0.722. The quantitative estimate of drug-likeness (QED) is 0.686. The first-order chi connectivity index (χ1) is 6.27. The fourth-order valence-electron chi connectivity index (χ4n) is 1.36. The predicted octanol–water partition coefficient (Wildman–Crippen LogP) is 3.22. The largest absolute Gasteiger partial charge is 0.494 e. The highest BCUT2D eigenvalue weighted by Gasteiger charge is 2.01. The Hall–Kier alpha value is -0.980. The average Bonchev–Trinajstić information content (AvgIpc) is 2.10. The maximum absolute atomic E-state index is 5.53. The van der Waals surface area contributed by atoms with Crippen molar-refractivity contribution >= 4 is 0 Å². The van der Waals surface area contributed by atoms with Crippen LogP contribution in [0.1, 0.15) is 31.4 Å². The van der Waals surface area contributed by atoms with Crippen LogP contribution in [0.5, 0.6) is 5.75 Å². The van der Waals surface area contributed by atoms with Crippen molar-refractivity contribution in [3.63, 3.8) is 0 Å². The minimum Gasteiger partial charge on any atom is -0.494 e. The third kappa shape index (κ3) is 2.76. The van der Waals surface area contributed by atoms with Crippen LogP contribution >= 0.6 is 0 Å². The highest BCUT2D eigenvalue weighted by molar-refractivity contribution is 5.38. The van der Waals surface area contributed by atoms with E-state index in [1.54, 1.807) is 0 Å². The Morgan fingerprint density at radius 3 is 2.69 bits per heavy atom. The molecule has 13 heavy (non-hydrogen) atoms. The van der Waals surface area contributed by atoms with Gasteiger partial charge >= 0.3 is 0 Å². The van der Waals surface area contributed by atoms with E-state index < -0.39 is 0 Å². The molecule has 0 N–H and O–H groups in total. The van der Waals surface area contributed by atoms with E-state index in [9.17, 15) is 0 Å². The molecule has 0 saturated heterocycles. The molecule has 0 aromatic heterocycles. The van der Waals surface area contributed by atoms with Crippen LogP contribution in [0, 0.1) is 6.92 Å². The van der Waals surface area contributed by atoms with E-state index in [0.29, 0.717) is 0 Å². The van der Waals surface area contributed by atoms with Gasteiger partial charge in [0.15, 0.2) is 0 Å². The predicted molar refractivity (Wildman–Crippen MR) is 56.1 cm³/mol. The lowest BCUT2D eigenvalue weighted by molar-refractivity contribution is 0.336. The molecule has 0 aliphatic heterocycles. The summed E-state index contributed by atoms with van der Waals surface area (Å²) in [5, 5.41) is 0. The SMILES string of the molecule is [CH2]c1ccc(CCC)c(OCC)c1. The van der Waals surface area contributed by atoms with Crippen molar-refractivity contribution in [1.82, 2.24) is 0 Å². The Balaban J connectivity index is 2.89. The summed E-state index contributed by atoms with van der Waals surface area (Å²) in [7, 11) is 0. The smallest absolute Gasteiger partial charge is 0.122 e. The first-order valence-electron chi connectivity index (χ1n) is 4.85. The van der Waals surface area contributed by atoms with E-state index in [4.69, 9.17) is 4.74 Å². The molecular formula is C12H17O. The van der Waals surface area contributed by atoms with Crippen LogP contribution in [-0.2, 0) is 6.42 Å². The van der Waals surface area contributed by atoms with E-state index in [1.807, 2.05) is 19.1 Å². The second-order valence-corrected chi connectivity index (χ2v) is 3.13. The van der Waals surface area contributed by atoms with Crippen molar-refractivity contribution < 1.29 is 4.74 Å². The van der Waals surface area contributed by atoms with Crippen LogP contribution < -0.4 is 4.74 Å². The Labute approximate surface area is 80.7 Å². The monoisotopic (exact) mass is 177 g/mol. The Bertz CT molecular complexity index is 266. The van der Waals surface area contributed by atoms with E-state index in [2.05, 4.69) is 19.9 Å². The van der Waals surface area contributed by atoms with Gasteiger partial charge in [0, 0.05) is 0 Å². The fourth-order valence-corrected chi connectivity index (χ4v) is 1.36. The maximum atomic E-state index is 5.53. The lowest BCUT2D eigenvalue weighted by atomic mass is 10.1. The van der Waals surface area contributed by atoms with Crippen LogP contribution in [0.3, 0.4) is 0 Å². The number of hydrogen-bond donors (Lipinski definition) is 0. The average molecular weight is 177 g/mol. The van der Waals surface area contributed by atoms with Gasteiger partial charge in [0.25, 0.3) is 0 Å². The summed E-state index contributed by atoms with van der Waals surface area (Å²) in [5.41, 5.74) is 2.31. The van der Waals surface area contributed by atoms with E-state index >= 15 is 0 Å². The molecule has 0 aliphatic rings. The third-order valence-electron chi connectivity index (χ3n) is 1.95. The van der Waals surface area contributed by atoms with Gasteiger partial charge in [0.1, 0.15) is 5.75 Å². The first-order valence-corrected chi connectivity index (χ1v) is 4.85. The fraction of sp³-hybridized carbons (Fsp3) is 0.417. The summed E-state index contributed by atoms with van der Waals surface area (Å²) in [6.45, 7) is 8.79. The van der Waals surface area contributed by atoms with Crippen LogP contribution in [-0.4, -0.2) is 6.61 Å². The molecule has 1 rings (SSSR count). The molecule has 1 nitrogen and oxygen atoms in total. The molecular weight excluding hydrogens is 160 g/mol. The summed E-state index contributed by atoms with van der Waals surface area (Å²) in [6, 6.07) is 6.15.